The number of hydrogen-bond donors (Lipinski definition) is 0. The van der Waals surface area contributed by atoms with Crippen LogP contribution >= 0.6 is 11.6 Å². The van der Waals surface area contributed by atoms with Gasteiger partial charge in [0.15, 0.2) is 0 Å². The topological polar surface area (TPSA) is 13.1 Å². The van der Waals surface area contributed by atoms with Crippen molar-refractivity contribution in [2.45, 2.75) is 19.8 Å². The van der Waals surface area contributed by atoms with Crippen LogP contribution in [0.3, 0.4) is 0 Å². The van der Waals surface area contributed by atoms with Gasteiger partial charge in [-0.25, -0.2) is 0 Å². The molecule has 4 aromatic rings. The van der Waals surface area contributed by atoms with Crippen LogP contribution in [0.2, 0.25) is 5.02 Å². The predicted octanol–water partition coefficient (Wildman–Crippen LogP) is 7.03. The molecule has 0 atom stereocenters. The minimum absolute atomic E-state index is 0.372. The summed E-state index contributed by atoms with van der Waals surface area (Å²) in [6, 6.07) is 18.6. The summed E-state index contributed by atoms with van der Waals surface area (Å²) in [5, 5.41) is 4.28. The molecule has 0 fully saturated rings. The molecule has 0 N–H and O–H groups in total. The largest absolute Gasteiger partial charge is 0.463 e. The van der Waals surface area contributed by atoms with Crippen LogP contribution < -0.4 is 0 Å². The number of furan rings is 1. The molecule has 0 aliphatic carbocycles. The minimum Gasteiger partial charge on any atom is -0.463 e. The maximum atomic E-state index is 6.21. The summed E-state index contributed by atoms with van der Waals surface area (Å²) < 4.78 is 6.00. The third-order valence-electron chi connectivity index (χ3n) is 4.34. The Morgan fingerprint density at radius 2 is 1.70 bits per heavy atom. The molecule has 0 saturated carbocycles. The Kier molecular flexibility index (Phi) is 3.39. The van der Waals surface area contributed by atoms with E-state index in [0.29, 0.717) is 5.92 Å². The number of benzene rings is 3. The molecule has 0 bridgehead atoms. The first-order chi connectivity index (χ1) is 11.1. The first kappa shape index (κ1) is 14.3. The highest BCUT2D eigenvalue weighted by Crippen LogP contribution is 2.40. The standard InChI is InChI=1S/C21H17ClO/c1-13(2)20-17-9-8-16(22)10-15(17)11-18-19(12-23-21(18)20)14-6-4-3-5-7-14/h3-13H,1-2H3. The van der Waals surface area contributed by atoms with Gasteiger partial charge in [-0.05, 0) is 40.5 Å². The van der Waals surface area contributed by atoms with Crippen LogP contribution in [0.1, 0.15) is 25.3 Å². The summed E-state index contributed by atoms with van der Waals surface area (Å²) in [4.78, 5) is 0. The van der Waals surface area contributed by atoms with E-state index in [0.717, 1.165) is 26.9 Å². The molecule has 0 aliphatic rings. The van der Waals surface area contributed by atoms with Gasteiger partial charge in [-0.3, -0.25) is 0 Å². The van der Waals surface area contributed by atoms with Gasteiger partial charge in [-0.2, -0.15) is 0 Å². The second-order valence-corrected chi connectivity index (χ2v) is 6.64. The van der Waals surface area contributed by atoms with E-state index in [2.05, 4.69) is 50.2 Å². The fraction of sp³-hybridized carbons (Fsp3) is 0.143. The van der Waals surface area contributed by atoms with Crippen molar-refractivity contribution in [3.05, 3.63) is 71.4 Å². The molecule has 1 heterocycles. The molecule has 0 amide bonds. The number of rotatable bonds is 2. The SMILES string of the molecule is CC(C)c1c2ccc(Cl)cc2cc2c(-c3ccccc3)coc12. The van der Waals surface area contributed by atoms with E-state index in [1.165, 1.54) is 16.5 Å². The van der Waals surface area contributed by atoms with Crippen molar-refractivity contribution < 1.29 is 4.42 Å². The van der Waals surface area contributed by atoms with Gasteiger partial charge < -0.3 is 4.42 Å². The van der Waals surface area contributed by atoms with E-state index < -0.39 is 0 Å². The van der Waals surface area contributed by atoms with Gasteiger partial charge in [0.2, 0.25) is 0 Å². The zero-order chi connectivity index (χ0) is 16.0. The summed E-state index contributed by atoms with van der Waals surface area (Å²) in [6.45, 7) is 4.40. The van der Waals surface area contributed by atoms with E-state index in [-0.39, 0.29) is 0 Å². The highest BCUT2D eigenvalue weighted by Gasteiger charge is 2.17. The quantitative estimate of drug-likeness (QED) is 0.386. The molecular formula is C21H17ClO. The number of halogens is 1. The number of hydrogen-bond acceptors (Lipinski definition) is 1. The number of fused-ring (bicyclic) bond motifs is 2. The van der Waals surface area contributed by atoms with E-state index in [4.69, 9.17) is 16.0 Å². The summed E-state index contributed by atoms with van der Waals surface area (Å²) >= 11 is 6.21. The summed E-state index contributed by atoms with van der Waals surface area (Å²) in [7, 11) is 0. The normalized spacial score (nSPS) is 11.7. The van der Waals surface area contributed by atoms with Crippen LogP contribution in [0.25, 0.3) is 32.9 Å². The highest BCUT2D eigenvalue weighted by molar-refractivity contribution is 6.31. The summed E-state index contributed by atoms with van der Waals surface area (Å²) in [5.74, 6) is 0.372. The van der Waals surface area contributed by atoms with E-state index >= 15 is 0 Å². The lowest BCUT2D eigenvalue weighted by Gasteiger charge is -2.12. The predicted molar refractivity (Wildman–Crippen MR) is 98.3 cm³/mol. The smallest absolute Gasteiger partial charge is 0.138 e. The molecule has 3 aromatic carbocycles. The van der Waals surface area contributed by atoms with E-state index in [1.54, 1.807) is 0 Å². The first-order valence-electron chi connectivity index (χ1n) is 7.84. The Morgan fingerprint density at radius 1 is 0.913 bits per heavy atom. The Bertz CT molecular complexity index is 997. The zero-order valence-electron chi connectivity index (χ0n) is 13.1. The lowest BCUT2D eigenvalue weighted by molar-refractivity contribution is 0.609. The van der Waals surface area contributed by atoms with Gasteiger partial charge in [0.25, 0.3) is 0 Å². The molecule has 23 heavy (non-hydrogen) atoms. The fourth-order valence-corrected chi connectivity index (χ4v) is 3.49. The monoisotopic (exact) mass is 320 g/mol. The van der Waals surface area contributed by atoms with Crippen LogP contribution in [0.4, 0.5) is 0 Å². The maximum Gasteiger partial charge on any atom is 0.138 e. The van der Waals surface area contributed by atoms with Crippen LogP contribution in [0.15, 0.2) is 65.3 Å². The average Bonchev–Trinajstić information content (AvgIpc) is 2.96. The Morgan fingerprint density at radius 3 is 2.43 bits per heavy atom. The second kappa shape index (κ2) is 5.43. The average molecular weight is 321 g/mol. The van der Waals surface area contributed by atoms with Gasteiger partial charge in [0.05, 0.1) is 6.26 Å². The van der Waals surface area contributed by atoms with Gasteiger partial charge in [-0.1, -0.05) is 61.8 Å². The van der Waals surface area contributed by atoms with Crippen molar-refractivity contribution in [1.82, 2.24) is 0 Å². The molecular weight excluding hydrogens is 304 g/mol. The van der Waals surface area contributed by atoms with Crippen LogP contribution in [-0.2, 0) is 0 Å². The minimum atomic E-state index is 0.372. The Labute approximate surface area is 140 Å². The molecule has 0 aliphatic heterocycles. The van der Waals surface area contributed by atoms with Crippen molar-refractivity contribution in [2.75, 3.05) is 0 Å². The molecule has 1 aromatic heterocycles. The summed E-state index contributed by atoms with van der Waals surface area (Å²) in [6.07, 6.45) is 1.87. The molecule has 114 valence electrons. The Hall–Kier alpha value is -2.25. The third-order valence-corrected chi connectivity index (χ3v) is 4.57. The zero-order valence-corrected chi connectivity index (χ0v) is 13.9. The van der Waals surface area contributed by atoms with Crippen molar-refractivity contribution >= 4 is 33.3 Å². The third kappa shape index (κ3) is 2.32. The van der Waals surface area contributed by atoms with E-state index in [1.807, 2.05) is 24.5 Å². The molecule has 2 heteroatoms. The molecule has 0 spiro atoms. The van der Waals surface area contributed by atoms with Crippen molar-refractivity contribution in [3.8, 4) is 11.1 Å². The molecule has 1 nitrogen and oxygen atoms in total. The lowest BCUT2D eigenvalue weighted by Crippen LogP contribution is -1.91. The lowest BCUT2D eigenvalue weighted by atomic mass is 9.92. The molecule has 4 rings (SSSR count). The van der Waals surface area contributed by atoms with Gasteiger partial charge in [-0.15, -0.1) is 0 Å². The molecule has 0 unspecified atom stereocenters. The first-order valence-corrected chi connectivity index (χ1v) is 8.21. The fourth-order valence-electron chi connectivity index (χ4n) is 3.31. The Balaban J connectivity index is 2.12. The van der Waals surface area contributed by atoms with Crippen molar-refractivity contribution in [3.63, 3.8) is 0 Å². The van der Waals surface area contributed by atoms with Crippen molar-refractivity contribution in [2.24, 2.45) is 0 Å². The van der Waals surface area contributed by atoms with Gasteiger partial charge in [0.1, 0.15) is 5.58 Å². The summed E-state index contributed by atoms with van der Waals surface area (Å²) in [5.41, 5.74) is 4.52. The highest BCUT2D eigenvalue weighted by atomic mass is 35.5. The van der Waals surface area contributed by atoms with Crippen LogP contribution in [0.5, 0.6) is 0 Å². The van der Waals surface area contributed by atoms with Crippen LogP contribution in [0, 0.1) is 0 Å². The molecule has 0 saturated heterocycles. The van der Waals surface area contributed by atoms with Crippen LogP contribution in [-0.4, -0.2) is 0 Å². The van der Waals surface area contributed by atoms with Crippen molar-refractivity contribution in [1.29, 1.82) is 0 Å². The second-order valence-electron chi connectivity index (χ2n) is 6.20. The van der Waals surface area contributed by atoms with Gasteiger partial charge in [0, 0.05) is 21.5 Å². The molecule has 0 radical (unpaired) electrons. The van der Waals surface area contributed by atoms with Gasteiger partial charge >= 0.3 is 0 Å². The maximum absolute atomic E-state index is 6.21. The van der Waals surface area contributed by atoms with E-state index in [9.17, 15) is 0 Å².